The molecule has 0 saturated heterocycles. The number of hydrogen-bond donors (Lipinski definition) is 2. The van der Waals surface area contributed by atoms with E-state index in [9.17, 15) is 4.57 Å². The molecule has 0 amide bonds. The lowest BCUT2D eigenvalue weighted by Crippen LogP contribution is -1.84. The zero-order valence-corrected chi connectivity index (χ0v) is 13.3. The number of unbranched alkanes of at least 4 members (excludes halogenated alkanes) is 7. The van der Waals surface area contributed by atoms with Gasteiger partial charge in [-0.2, -0.15) is 0 Å². The molecule has 6 heteroatoms. The predicted molar refractivity (Wildman–Crippen MR) is 77.8 cm³/mol. The second-order valence-corrected chi connectivity index (χ2v) is 6.23. The van der Waals surface area contributed by atoms with Crippen molar-refractivity contribution >= 4 is 30.4 Å². The number of hydrogen-bond acceptors (Lipinski definition) is 2. The van der Waals surface area contributed by atoms with Gasteiger partial charge in [-0.15, -0.1) is 0 Å². The van der Waals surface area contributed by atoms with Gasteiger partial charge in [0.1, 0.15) is 0 Å². The summed E-state index contributed by atoms with van der Waals surface area (Å²) in [7, 11) is -4.37. The van der Waals surface area contributed by atoms with Crippen LogP contribution in [0.1, 0.15) is 58.3 Å². The molecule has 0 radical (unpaired) electrons. The van der Waals surface area contributed by atoms with E-state index in [4.69, 9.17) is 9.79 Å². The molecule has 0 unspecified atom stereocenters. The molecule has 102 valence electrons. The average Bonchev–Trinajstić information content (AvgIpc) is 2.19. The third kappa shape index (κ3) is 14.4. The highest BCUT2D eigenvalue weighted by Crippen LogP contribution is 2.40. The molecule has 0 heterocycles. The minimum absolute atomic E-state index is 0.280. The van der Waals surface area contributed by atoms with E-state index in [-0.39, 0.29) is 3.77 Å². The zero-order valence-electron chi connectivity index (χ0n) is 10.3. The van der Waals surface area contributed by atoms with Crippen molar-refractivity contribution in [2.45, 2.75) is 58.3 Å². The van der Waals surface area contributed by atoms with E-state index in [1.54, 1.807) is 28.7 Å². The second-order valence-electron chi connectivity index (χ2n) is 4.00. The fourth-order valence-corrected chi connectivity index (χ4v) is 2.85. The molecule has 0 aromatic carbocycles. The molecule has 0 fully saturated rings. The Balaban J connectivity index is 3.43. The third-order valence-electron chi connectivity index (χ3n) is 2.32. The Labute approximate surface area is 117 Å². The van der Waals surface area contributed by atoms with Gasteiger partial charge in [0.05, 0.1) is 0 Å². The Morgan fingerprint density at radius 2 is 1.71 bits per heavy atom. The van der Waals surface area contributed by atoms with Crippen molar-refractivity contribution in [1.29, 1.82) is 0 Å². The minimum atomic E-state index is -4.37. The number of halogens is 1. The smallest absolute Gasteiger partial charge is 0.398 e. The molecule has 0 spiro atoms. The first-order valence-electron chi connectivity index (χ1n) is 6.06. The van der Waals surface area contributed by atoms with Crippen LogP contribution in [0.2, 0.25) is 0 Å². The predicted octanol–water partition coefficient (Wildman–Crippen LogP) is 4.51. The first-order valence-corrected chi connectivity index (χ1v) is 8.67. The molecule has 0 atom stereocenters. The van der Waals surface area contributed by atoms with Crippen LogP contribution in [0.3, 0.4) is 0 Å². The first-order chi connectivity index (χ1) is 7.95. The lowest BCUT2D eigenvalue weighted by molar-refractivity contribution is 0.256. The van der Waals surface area contributed by atoms with Gasteiger partial charge in [0.15, 0.2) is 3.77 Å². The van der Waals surface area contributed by atoms with Gasteiger partial charge in [-0.3, -0.25) is 9.79 Å². The van der Waals surface area contributed by atoms with E-state index in [1.807, 2.05) is 0 Å². The van der Waals surface area contributed by atoms with Crippen LogP contribution in [0, 0.1) is 0 Å². The van der Waals surface area contributed by atoms with E-state index >= 15 is 0 Å². The molecule has 0 aromatic rings. The summed E-state index contributed by atoms with van der Waals surface area (Å²) in [6, 6.07) is 0. The fraction of sp³-hybridized carbons (Fsp3) is 0.818. The maximum atomic E-state index is 10.5. The lowest BCUT2D eigenvalue weighted by atomic mass is 10.1. The Morgan fingerprint density at radius 3 is 2.24 bits per heavy atom. The maximum Gasteiger partial charge on any atom is 0.525 e. The number of rotatable bonds is 10. The van der Waals surface area contributed by atoms with Gasteiger partial charge < -0.3 is 4.52 Å². The number of allylic oxidation sites excluding steroid dienone is 1. The molecule has 0 aliphatic carbocycles. The summed E-state index contributed by atoms with van der Waals surface area (Å²) in [5.41, 5.74) is 0. The van der Waals surface area contributed by atoms with Gasteiger partial charge in [-0.05, 0) is 41.5 Å². The van der Waals surface area contributed by atoms with E-state index < -0.39 is 7.82 Å². The van der Waals surface area contributed by atoms with Gasteiger partial charge in [-0.1, -0.05) is 45.4 Å². The summed E-state index contributed by atoms with van der Waals surface area (Å²) in [5, 5.41) is 0. The van der Waals surface area contributed by atoms with Crippen molar-refractivity contribution < 1.29 is 18.9 Å². The van der Waals surface area contributed by atoms with Crippen LogP contribution in [0.4, 0.5) is 0 Å². The zero-order chi connectivity index (χ0) is 13.1. The maximum absolute atomic E-state index is 10.5. The van der Waals surface area contributed by atoms with Crippen LogP contribution in [-0.4, -0.2) is 9.79 Å². The molecule has 4 nitrogen and oxygen atoms in total. The fourth-order valence-electron chi connectivity index (χ4n) is 1.47. The summed E-state index contributed by atoms with van der Waals surface area (Å²) in [4.78, 5) is 17.1. The van der Waals surface area contributed by atoms with Crippen molar-refractivity contribution in [3.8, 4) is 0 Å². The van der Waals surface area contributed by atoms with E-state index in [1.165, 1.54) is 38.5 Å². The van der Waals surface area contributed by atoms with Gasteiger partial charge in [0, 0.05) is 0 Å². The normalized spacial score (nSPS) is 12.8. The first kappa shape index (κ1) is 17.4. The summed E-state index contributed by atoms with van der Waals surface area (Å²) in [6.07, 6.45) is 11.2. The van der Waals surface area contributed by atoms with Crippen LogP contribution in [0.25, 0.3) is 0 Å². The third-order valence-corrected chi connectivity index (χ3v) is 3.76. The highest BCUT2D eigenvalue weighted by atomic mass is 127. The number of phosphoric ester groups is 1. The minimum Gasteiger partial charge on any atom is -0.398 e. The Morgan fingerprint density at radius 1 is 1.18 bits per heavy atom. The quantitative estimate of drug-likeness (QED) is 0.255. The van der Waals surface area contributed by atoms with E-state index in [0.717, 1.165) is 12.8 Å². The van der Waals surface area contributed by atoms with Gasteiger partial charge in [0.25, 0.3) is 0 Å². The Hall–Kier alpha value is 0.420. The van der Waals surface area contributed by atoms with Crippen molar-refractivity contribution in [3.63, 3.8) is 0 Å². The van der Waals surface area contributed by atoms with Crippen LogP contribution >= 0.6 is 30.4 Å². The lowest BCUT2D eigenvalue weighted by Gasteiger charge is -2.05. The molecule has 0 saturated carbocycles. The summed E-state index contributed by atoms with van der Waals surface area (Å²) in [5.74, 6) is 0. The van der Waals surface area contributed by atoms with Crippen LogP contribution in [-0.2, 0) is 9.09 Å². The monoisotopic (exact) mass is 376 g/mol. The molecule has 0 aromatic heterocycles. The standard InChI is InChI=1S/C11H22IO4P/c1-2-3-4-5-6-7-8-9-10-11(12)16-17(13,14)15/h10H,2-9H2,1H3,(H2,13,14,15). The van der Waals surface area contributed by atoms with Gasteiger partial charge >= 0.3 is 7.82 Å². The topological polar surface area (TPSA) is 66.8 Å². The van der Waals surface area contributed by atoms with Gasteiger partial charge in [0.2, 0.25) is 0 Å². The van der Waals surface area contributed by atoms with Crippen LogP contribution in [0.5, 0.6) is 0 Å². The molecular formula is C11H22IO4P. The number of phosphoric acid groups is 1. The summed E-state index contributed by atoms with van der Waals surface area (Å²) < 4.78 is 15.2. The highest BCUT2D eigenvalue weighted by Gasteiger charge is 2.15. The second kappa shape index (κ2) is 10.4. The van der Waals surface area contributed by atoms with Crippen molar-refractivity contribution in [3.05, 3.63) is 9.84 Å². The highest BCUT2D eigenvalue weighted by molar-refractivity contribution is 14.1. The van der Waals surface area contributed by atoms with Crippen molar-refractivity contribution in [2.24, 2.45) is 0 Å². The molecule has 2 N–H and O–H groups in total. The molecule has 0 rings (SSSR count). The van der Waals surface area contributed by atoms with E-state index in [2.05, 4.69) is 11.4 Å². The summed E-state index contributed by atoms with van der Waals surface area (Å²) >= 11 is 1.79. The van der Waals surface area contributed by atoms with E-state index in [0.29, 0.717) is 0 Å². The molecular weight excluding hydrogens is 354 g/mol. The van der Waals surface area contributed by atoms with Gasteiger partial charge in [-0.25, -0.2) is 4.57 Å². The molecule has 17 heavy (non-hydrogen) atoms. The SMILES string of the molecule is CCCCCCCCCC=C(I)OP(=O)(O)O. The Kier molecular flexibility index (Phi) is 10.6. The Bertz CT molecular complexity index is 262. The molecule has 0 aliphatic heterocycles. The molecule has 0 bridgehead atoms. The van der Waals surface area contributed by atoms with Crippen molar-refractivity contribution in [1.82, 2.24) is 0 Å². The van der Waals surface area contributed by atoms with Crippen molar-refractivity contribution in [2.75, 3.05) is 0 Å². The summed E-state index contributed by atoms with van der Waals surface area (Å²) in [6.45, 7) is 2.20. The van der Waals surface area contributed by atoms with Crippen LogP contribution < -0.4 is 0 Å². The average molecular weight is 376 g/mol. The largest absolute Gasteiger partial charge is 0.525 e. The molecule has 0 aliphatic rings. The van der Waals surface area contributed by atoms with Crippen LogP contribution in [0.15, 0.2) is 9.84 Å².